The minimum Gasteiger partial charge on any atom is -0.456 e. The second kappa shape index (κ2) is 9.70. The molecular weight excluding hydrogens is 447 g/mol. The number of carbonyl (C=O) groups excluding carboxylic acids is 2. The highest BCUT2D eigenvalue weighted by molar-refractivity contribution is 7.89. The van der Waals surface area contributed by atoms with Gasteiger partial charge in [0.05, 0.1) is 22.4 Å². The molecule has 30 heavy (non-hydrogen) atoms. The number of esters is 1. The molecule has 8 nitrogen and oxygen atoms in total. The molecule has 13 heteroatoms. The Morgan fingerprint density at radius 2 is 1.97 bits per heavy atom. The number of nitrogens with zero attached hydrogens (tertiary/aromatic N) is 1. The molecule has 0 spiro atoms. The molecule has 0 atom stereocenters. The van der Waals surface area contributed by atoms with Crippen LogP contribution in [0.1, 0.15) is 17.5 Å². The van der Waals surface area contributed by atoms with Crippen LogP contribution >= 0.6 is 11.3 Å². The van der Waals surface area contributed by atoms with E-state index in [9.17, 15) is 31.2 Å². The van der Waals surface area contributed by atoms with E-state index in [0.717, 1.165) is 29.5 Å². The minimum absolute atomic E-state index is 0.253. The van der Waals surface area contributed by atoms with Crippen molar-refractivity contribution in [3.8, 4) is 6.07 Å². The van der Waals surface area contributed by atoms with Gasteiger partial charge in [0.1, 0.15) is 11.1 Å². The molecule has 2 N–H and O–H groups in total. The molecule has 2 rings (SSSR count). The molecule has 0 fully saturated rings. The monoisotopic (exact) mass is 461 g/mol. The van der Waals surface area contributed by atoms with Crippen LogP contribution in [0.3, 0.4) is 0 Å². The Morgan fingerprint density at radius 3 is 2.63 bits per heavy atom. The van der Waals surface area contributed by atoms with Crippen molar-refractivity contribution in [1.82, 2.24) is 4.72 Å². The van der Waals surface area contributed by atoms with Crippen molar-refractivity contribution < 1.29 is 35.9 Å². The van der Waals surface area contributed by atoms with Gasteiger partial charge in [-0.1, -0.05) is 6.07 Å². The first-order valence-electron chi connectivity index (χ1n) is 8.13. The number of anilines is 1. The van der Waals surface area contributed by atoms with Crippen molar-refractivity contribution in [2.75, 3.05) is 18.5 Å². The number of amides is 1. The van der Waals surface area contributed by atoms with Crippen LogP contribution in [-0.2, 0) is 30.5 Å². The summed E-state index contributed by atoms with van der Waals surface area (Å²) >= 11 is 1.11. The highest BCUT2D eigenvalue weighted by Gasteiger charge is 2.31. The number of rotatable bonds is 8. The fraction of sp³-hybridized carbons (Fsp3) is 0.235. The Balaban J connectivity index is 1.81. The number of thiophene rings is 1. The van der Waals surface area contributed by atoms with Gasteiger partial charge in [-0.05, 0) is 29.6 Å². The van der Waals surface area contributed by atoms with Crippen molar-refractivity contribution in [1.29, 1.82) is 5.26 Å². The second-order valence-corrected chi connectivity index (χ2v) is 8.34. The van der Waals surface area contributed by atoms with E-state index in [1.807, 2.05) is 10.8 Å². The van der Waals surface area contributed by atoms with Gasteiger partial charge in [-0.15, -0.1) is 11.3 Å². The molecule has 1 amide bonds. The lowest BCUT2D eigenvalue weighted by Gasteiger charge is -2.10. The Kier molecular flexibility index (Phi) is 7.54. The number of alkyl halides is 3. The maximum Gasteiger partial charge on any atom is 0.416 e. The van der Waals surface area contributed by atoms with E-state index in [1.165, 1.54) is 6.07 Å². The van der Waals surface area contributed by atoms with Gasteiger partial charge >= 0.3 is 12.1 Å². The van der Waals surface area contributed by atoms with E-state index < -0.39 is 58.1 Å². The summed E-state index contributed by atoms with van der Waals surface area (Å²) in [7, 11) is -4.28. The van der Waals surface area contributed by atoms with Gasteiger partial charge in [0.25, 0.3) is 5.91 Å². The SMILES string of the molecule is N#Cc1ccsc1NC(=O)COC(=O)CCNS(=O)(=O)c1cccc(C(F)(F)F)c1. The van der Waals surface area contributed by atoms with Gasteiger partial charge in [0.15, 0.2) is 6.61 Å². The molecule has 0 aliphatic rings. The lowest BCUT2D eigenvalue weighted by Crippen LogP contribution is -2.28. The van der Waals surface area contributed by atoms with Crippen LogP contribution in [0, 0.1) is 11.3 Å². The quantitative estimate of drug-likeness (QED) is 0.582. The zero-order chi connectivity index (χ0) is 22.4. The number of hydrogen-bond acceptors (Lipinski definition) is 7. The Labute approximate surface area is 173 Å². The van der Waals surface area contributed by atoms with E-state index in [0.29, 0.717) is 11.1 Å². The molecule has 0 aliphatic carbocycles. The lowest BCUT2D eigenvalue weighted by atomic mass is 10.2. The van der Waals surface area contributed by atoms with Crippen molar-refractivity contribution in [3.05, 3.63) is 46.8 Å². The fourth-order valence-electron chi connectivity index (χ4n) is 2.09. The summed E-state index contributed by atoms with van der Waals surface area (Å²) in [5.41, 5.74) is -0.871. The van der Waals surface area contributed by atoms with Crippen molar-refractivity contribution in [2.24, 2.45) is 0 Å². The highest BCUT2D eigenvalue weighted by atomic mass is 32.2. The molecule has 0 unspecified atom stereocenters. The van der Waals surface area contributed by atoms with Crippen molar-refractivity contribution in [3.63, 3.8) is 0 Å². The molecule has 0 radical (unpaired) electrons. The molecule has 1 aromatic heterocycles. The van der Waals surface area contributed by atoms with Crippen LogP contribution in [0.4, 0.5) is 18.2 Å². The standard InChI is InChI=1S/C17H14F3N3O5S2/c18-17(19,20)12-2-1-3-13(8-12)30(26,27)22-6-4-15(25)28-10-14(24)23-16-11(9-21)5-7-29-16/h1-3,5,7-8,22H,4,6,10H2,(H,23,24). The number of benzene rings is 1. The van der Waals surface area contributed by atoms with Gasteiger partial charge in [0, 0.05) is 6.54 Å². The first-order valence-corrected chi connectivity index (χ1v) is 10.5. The normalized spacial score (nSPS) is 11.5. The van der Waals surface area contributed by atoms with Crippen LogP contribution in [0.15, 0.2) is 40.6 Å². The van der Waals surface area contributed by atoms with Crippen molar-refractivity contribution in [2.45, 2.75) is 17.5 Å². The maximum atomic E-state index is 12.7. The zero-order valence-electron chi connectivity index (χ0n) is 15.0. The Hall–Kier alpha value is -2.95. The first kappa shape index (κ1) is 23.3. The average Bonchev–Trinajstić information content (AvgIpc) is 3.12. The van der Waals surface area contributed by atoms with E-state index in [2.05, 4.69) is 5.32 Å². The summed E-state index contributed by atoms with van der Waals surface area (Å²) in [6, 6.07) is 6.53. The van der Waals surface area contributed by atoms with Crippen LogP contribution in [0.2, 0.25) is 0 Å². The summed E-state index contributed by atoms with van der Waals surface area (Å²) < 4.78 is 68.9. The maximum absolute atomic E-state index is 12.7. The van der Waals surface area contributed by atoms with E-state index >= 15 is 0 Å². The molecule has 2 aromatic rings. The predicted octanol–water partition coefficient (Wildman–Crippen LogP) is 2.49. The Bertz CT molecular complexity index is 1070. The molecule has 1 heterocycles. The average molecular weight is 461 g/mol. The molecule has 0 bridgehead atoms. The third kappa shape index (κ3) is 6.55. The number of sulfonamides is 1. The topological polar surface area (TPSA) is 125 Å². The van der Waals surface area contributed by atoms with Crippen molar-refractivity contribution >= 4 is 38.2 Å². The summed E-state index contributed by atoms with van der Waals surface area (Å²) in [5, 5.41) is 13.1. The van der Waals surface area contributed by atoms with Gasteiger partial charge in [-0.3, -0.25) is 9.59 Å². The number of nitriles is 1. The second-order valence-electron chi connectivity index (χ2n) is 5.66. The Morgan fingerprint density at radius 1 is 1.23 bits per heavy atom. The fourth-order valence-corrected chi connectivity index (χ4v) is 3.92. The number of halogens is 3. The zero-order valence-corrected chi connectivity index (χ0v) is 16.7. The van der Waals surface area contributed by atoms with Gasteiger partial charge in [-0.25, -0.2) is 13.1 Å². The highest BCUT2D eigenvalue weighted by Crippen LogP contribution is 2.30. The third-order valence-corrected chi connectivity index (χ3v) is 5.78. The van der Waals surface area contributed by atoms with Crippen LogP contribution in [0.5, 0.6) is 0 Å². The van der Waals surface area contributed by atoms with E-state index in [1.54, 1.807) is 5.38 Å². The lowest BCUT2D eigenvalue weighted by molar-refractivity contribution is -0.147. The smallest absolute Gasteiger partial charge is 0.416 e. The minimum atomic E-state index is -4.70. The number of ether oxygens (including phenoxy) is 1. The molecular formula is C17H14F3N3O5S2. The number of nitrogens with one attached hydrogen (secondary N) is 2. The molecule has 0 saturated carbocycles. The summed E-state index contributed by atoms with van der Waals surface area (Å²) in [6.07, 6.45) is -5.15. The van der Waals surface area contributed by atoms with Gasteiger partial charge in [0.2, 0.25) is 10.0 Å². The molecule has 160 valence electrons. The van der Waals surface area contributed by atoms with Crippen LogP contribution in [0.25, 0.3) is 0 Å². The number of carbonyl (C=O) groups is 2. The number of hydrogen-bond donors (Lipinski definition) is 2. The van der Waals surface area contributed by atoms with Crippen LogP contribution in [-0.4, -0.2) is 33.4 Å². The summed E-state index contributed by atoms with van der Waals surface area (Å²) in [5.74, 6) is -1.59. The van der Waals surface area contributed by atoms with Gasteiger partial charge in [-0.2, -0.15) is 18.4 Å². The first-order chi connectivity index (χ1) is 14.0. The largest absolute Gasteiger partial charge is 0.456 e. The third-order valence-electron chi connectivity index (χ3n) is 3.50. The molecule has 0 aliphatic heterocycles. The predicted molar refractivity (Wildman–Crippen MR) is 99.9 cm³/mol. The molecule has 0 saturated heterocycles. The van der Waals surface area contributed by atoms with Gasteiger partial charge < -0.3 is 10.1 Å². The summed E-state index contributed by atoms with van der Waals surface area (Å²) in [6.45, 7) is -1.09. The summed E-state index contributed by atoms with van der Waals surface area (Å²) in [4.78, 5) is 22.8. The molecule has 1 aromatic carbocycles. The van der Waals surface area contributed by atoms with E-state index in [-0.39, 0.29) is 5.56 Å². The van der Waals surface area contributed by atoms with Crippen LogP contribution < -0.4 is 10.0 Å². The van der Waals surface area contributed by atoms with E-state index in [4.69, 9.17) is 10.00 Å².